The van der Waals surface area contributed by atoms with Crippen LogP contribution in [0.5, 0.6) is 0 Å². The Kier molecular flexibility index (Phi) is 4.28. The predicted molar refractivity (Wildman–Crippen MR) is 73.9 cm³/mol. The molecule has 0 spiro atoms. The first kappa shape index (κ1) is 13.0. The molecule has 96 valence electrons. The molecule has 0 aliphatic rings. The summed E-state index contributed by atoms with van der Waals surface area (Å²) in [5.41, 5.74) is 6.64. The Labute approximate surface area is 107 Å². The number of benzene rings is 2. The zero-order valence-electron chi connectivity index (χ0n) is 10.6. The van der Waals surface area contributed by atoms with Gasteiger partial charge >= 0.3 is 0 Å². The van der Waals surface area contributed by atoms with E-state index in [1.54, 1.807) is 0 Å². The number of hydrogen-bond acceptors (Lipinski definition) is 2. The summed E-state index contributed by atoms with van der Waals surface area (Å²) in [4.78, 5) is 0. The van der Waals surface area contributed by atoms with E-state index >= 15 is 0 Å². The molecule has 0 aliphatic carbocycles. The van der Waals surface area contributed by atoms with Gasteiger partial charge in [0, 0.05) is 18.0 Å². The average Bonchev–Trinajstić information content (AvgIpc) is 2.39. The van der Waals surface area contributed by atoms with Gasteiger partial charge in [0.05, 0.1) is 0 Å². The van der Waals surface area contributed by atoms with Crippen molar-refractivity contribution in [1.29, 1.82) is 0 Å². The first-order valence-corrected chi connectivity index (χ1v) is 6.32. The molecule has 2 aromatic rings. The van der Waals surface area contributed by atoms with Crippen molar-refractivity contribution < 1.29 is 4.39 Å². The van der Waals surface area contributed by atoms with Crippen LogP contribution in [0.15, 0.2) is 36.4 Å². The SMILES string of the molecule is CC(CCN)NCc1ccc(F)c2ccccc12. The van der Waals surface area contributed by atoms with E-state index in [9.17, 15) is 4.39 Å². The number of hydrogen-bond donors (Lipinski definition) is 2. The second kappa shape index (κ2) is 5.94. The van der Waals surface area contributed by atoms with Gasteiger partial charge in [-0.1, -0.05) is 30.3 Å². The molecule has 2 rings (SSSR count). The van der Waals surface area contributed by atoms with Crippen LogP contribution in [-0.4, -0.2) is 12.6 Å². The smallest absolute Gasteiger partial charge is 0.131 e. The standard InChI is InChI=1S/C15H19FN2/c1-11(8-9-17)18-10-12-6-7-15(16)14-5-3-2-4-13(12)14/h2-7,11,18H,8-10,17H2,1H3. The molecule has 3 N–H and O–H groups in total. The molecule has 2 aromatic carbocycles. The predicted octanol–water partition coefficient (Wildman–Crippen LogP) is 2.81. The number of nitrogens with one attached hydrogen (secondary N) is 1. The Morgan fingerprint density at radius 2 is 1.89 bits per heavy atom. The Morgan fingerprint density at radius 3 is 2.61 bits per heavy atom. The van der Waals surface area contributed by atoms with E-state index in [0.29, 0.717) is 18.0 Å². The lowest BCUT2D eigenvalue weighted by molar-refractivity contribution is 0.520. The first-order chi connectivity index (χ1) is 8.72. The molecular formula is C15H19FN2. The first-order valence-electron chi connectivity index (χ1n) is 6.32. The highest BCUT2D eigenvalue weighted by Crippen LogP contribution is 2.21. The Hall–Kier alpha value is -1.45. The van der Waals surface area contributed by atoms with Crippen molar-refractivity contribution >= 4 is 10.8 Å². The molecule has 0 bridgehead atoms. The highest BCUT2D eigenvalue weighted by molar-refractivity contribution is 5.86. The van der Waals surface area contributed by atoms with Crippen LogP contribution >= 0.6 is 0 Å². The van der Waals surface area contributed by atoms with Crippen molar-refractivity contribution in [3.63, 3.8) is 0 Å². The maximum Gasteiger partial charge on any atom is 0.131 e. The van der Waals surface area contributed by atoms with Gasteiger partial charge < -0.3 is 11.1 Å². The molecule has 3 heteroatoms. The van der Waals surface area contributed by atoms with Gasteiger partial charge in [0.25, 0.3) is 0 Å². The van der Waals surface area contributed by atoms with Gasteiger partial charge in [-0.25, -0.2) is 4.39 Å². The molecule has 0 radical (unpaired) electrons. The summed E-state index contributed by atoms with van der Waals surface area (Å²) in [5.74, 6) is -0.163. The van der Waals surface area contributed by atoms with Crippen LogP contribution in [-0.2, 0) is 6.54 Å². The molecule has 0 fully saturated rings. The topological polar surface area (TPSA) is 38.0 Å². The summed E-state index contributed by atoms with van der Waals surface area (Å²) >= 11 is 0. The van der Waals surface area contributed by atoms with Gasteiger partial charge in [0.1, 0.15) is 5.82 Å². The van der Waals surface area contributed by atoms with Crippen molar-refractivity contribution in [3.8, 4) is 0 Å². The van der Waals surface area contributed by atoms with Crippen LogP contribution < -0.4 is 11.1 Å². The van der Waals surface area contributed by atoms with Crippen molar-refractivity contribution in [2.24, 2.45) is 5.73 Å². The quantitative estimate of drug-likeness (QED) is 0.851. The molecule has 0 aromatic heterocycles. The molecule has 1 atom stereocenters. The summed E-state index contributed by atoms with van der Waals surface area (Å²) in [6, 6.07) is 11.3. The Morgan fingerprint density at radius 1 is 1.17 bits per heavy atom. The van der Waals surface area contributed by atoms with Crippen LogP contribution in [0.1, 0.15) is 18.9 Å². The van der Waals surface area contributed by atoms with Crippen molar-refractivity contribution in [2.45, 2.75) is 25.9 Å². The number of halogens is 1. The highest BCUT2D eigenvalue weighted by Gasteiger charge is 2.06. The van der Waals surface area contributed by atoms with Crippen molar-refractivity contribution in [2.75, 3.05) is 6.54 Å². The summed E-state index contributed by atoms with van der Waals surface area (Å²) in [6.45, 7) is 3.53. The normalized spacial score (nSPS) is 12.8. The summed E-state index contributed by atoms with van der Waals surface area (Å²) in [6.07, 6.45) is 0.944. The molecular weight excluding hydrogens is 227 g/mol. The minimum Gasteiger partial charge on any atom is -0.330 e. The number of rotatable bonds is 5. The fourth-order valence-electron chi connectivity index (χ4n) is 2.12. The van der Waals surface area contributed by atoms with Gasteiger partial charge in [0.15, 0.2) is 0 Å². The van der Waals surface area contributed by atoms with Crippen LogP contribution in [0.4, 0.5) is 4.39 Å². The third-order valence-corrected chi connectivity index (χ3v) is 3.20. The second-order valence-electron chi connectivity index (χ2n) is 4.61. The van der Waals surface area contributed by atoms with E-state index in [0.717, 1.165) is 23.9 Å². The minimum absolute atomic E-state index is 0.163. The van der Waals surface area contributed by atoms with E-state index in [1.807, 2.05) is 30.3 Å². The fourth-order valence-corrected chi connectivity index (χ4v) is 2.12. The largest absolute Gasteiger partial charge is 0.330 e. The number of fused-ring (bicyclic) bond motifs is 1. The average molecular weight is 246 g/mol. The van der Waals surface area contributed by atoms with Crippen molar-refractivity contribution in [3.05, 3.63) is 47.8 Å². The maximum absolute atomic E-state index is 13.6. The third kappa shape index (κ3) is 2.86. The molecule has 0 heterocycles. The third-order valence-electron chi connectivity index (χ3n) is 3.20. The van der Waals surface area contributed by atoms with E-state index in [-0.39, 0.29) is 5.82 Å². The summed E-state index contributed by atoms with van der Waals surface area (Å²) in [5, 5.41) is 5.07. The van der Waals surface area contributed by atoms with E-state index in [2.05, 4.69) is 12.2 Å². The van der Waals surface area contributed by atoms with Gasteiger partial charge in [-0.15, -0.1) is 0 Å². The summed E-state index contributed by atoms with van der Waals surface area (Å²) in [7, 11) is 0. The van der Waals surface area contributed by atoms with Gasteiger partial charge in [-0.2, -0.15) is 0 Å². The number of nitrogens with two attached hydrogens (primary N) is 1. The van der Waals surface area contributed by atoms with Gasteiger partial charge in [-0.05, 0) is 36.9 Å². The Bertz CT molecular complexity index is 525. The van der Waals surface area contributed by atoms with Gasteiger partial charge in [0.2, 0.25) is 0 Å². The fraction of sp³-hybridized carbons (Fsp3) is 0.333. The van der Waals surface area contributed by atoms with Crippen LogP contribution in [0.3, 0.4) is 0 Å². The molecule has 0 saturated carbocycles. The zero-order chi connectivity index (χ0) is 13.0. The summed E-state index contributed by atoms with van der Waals surface area (Å²) < 4.78 is 13.6. The van der Waals surface area contributed by atoms with Crippen LogP contribution in [0.25, 0.3) is 10.8 Å². The zero-order valence-corrected chi connectivity index (χ0v) is 10.6. The van der Waals surface area contributed by atoms with Crippen molar-refractivity contribution in [1.82, 2.24) is 5.32 Å². The molecule has 0 saturated heterocycles. The molecule has 1 unspecified atom stereocenters. The molecule has 0 amide bonds. The van der Waals surface area contributed by atoms with E-state index in [1.165, 1.54) is 6.07 Å². The Balaban J connectivity index is 2.21. The van der Waals surface area contributed by atoms with Crippen LogP contribution in [0, 0.1) is 5.82 Å². The lowest BCUT2D eigenvalue weighted by Crippen LogP contribution is -2.27. The molecule has 18 heavy (non-hydrogen) atoms. The highest BCUT2D eigenvalue weighted by atomic mass is 19.1. The van der Waals surface area contributed by atoms with Crippen LogP contribution in [0.2, 0.25) is 0 Å². The molecule has 2 nitrogen and oxygen atoms in total. The lowest BCUT2D eigenvalue weighted by atomic mass is 10.0. The van der Waals surface area contributed by atoms with E-state index < -0.39 is 0 Å². The van der Waals surface area contributed by atoms with E-state index in [4.69, 9.17) is 5.73 Å². The van der Waals surface area contributed by atoms with Gasteiger partial charge in [-0.3, -0.25) is 0 Å². The molecule has 0 aliphatic heterocycles. The lowest BCUT2D eigenvalue weighted by Gasteiger charge is -2.14. The monoisotopic (exact) mass is 246 g/mol. The second-order valence-corrected chi connectivity index (χ2v) is 4.61. The minimum atomic E-state index is -0.163. The maximum atomic E-state index is 13.6.